The van der Waals surface area contributed by atoms with E-state index in [2.05, 4.69) is 9.88 Å². The number of pyridine rings is 1. The molecule has 0 N–H and O–H groups in total. The van der Waals surface area contributed by atoms with E-state index in [1.165, 1.54) is 12.1 Å². The van der Waals surface area contributed by atoms with Crippen molar-refractivity contribution in [1.82, 2.24) is 4.98 Å². The molecule has 2 heterocycles. The summed E-state index contributed by atoms with van der Waals surface area (Å²) >= 11 is 0. The van der Waals surface area contributed by atoms with Gasteiger partial charge in [0.2, 0.25) is 0 Å². The van der Waals surface area contributed by atoms with Gasteiger partial charge in [-0.25, -0.2) is 9.37 Å². The smallest absolute Gasteiger partial charge is 0.128 e. The lowest BCUT2D eigenvalue weighted by atomic mass is 10.1. The van der Waals surface area contributed by atoms with E-state index in [-0.39, 0.29) is 5.82 Å². The number of halogens is 1. The third-order valence-electron chi connectivity index (χ3n) is 3.24. The summed E-state index contributed by atoms with van der Waals surface area (Å²) in [6.45, 7) is 3.22. The van der Waals surface area contributed by atoms with Crippen LogP contribution in [0.2, 0.25) is 0 Å². The Balaban J connectivity index is 1.82. The Kier molecular flexibility index (Phi) is 3.42. The normalized spacial score (nSPS) is 15.5. The summed E-state index contributed by atoms with van der Waals surface area (Å²) in [5, 5.41) is 0. The summed E-state index contributed by atoms with van der Waals surface area (Å²) < 4.78 is 18.5. The van der Waals surface area contributed by atoms with E-state index in [0.717, 1.165) is 43.2 Å². The quantitative estimate of drug-likeness (QED) is 0.828. The van der Waals surface area contributed by atoms with Crippen molar-refractivity contribution in [3.63, 3.8) is 0 Å². The standard InChI is InChI=1S/C15H15FN2O/c16-14-3-1-2-12(10-14)13-4-5-15(17-11-13)18-6-8-19-9-7-18/h1-5,10-11H,6-9H2. The summed E-state index contributed by atoms with van der Waals surface area (Å²) in [6, 6.07) is 10.5. The molecule has 1 fully saturated rings. The summed E-state index contributed by atoms with van der Waals surface area (Å²) in [6.07, 6.45) is 1.79. The molecule has 4 heteroatoms. The van der Waals surface area contributed by atoms with E-state index in [1.54, 1.807) is 12.3 Å². The Morgan fingerprint density at radius 2 is 1.89 bits per heavy atom. The second-order valence-corrected chi connectivity index (χ2v) is 4.51. The van der Waals surface area contributed by atoms with E-state index in [0.29, 0.717) is 0 Å². The number of benzene rings is 1. The van der Waals surface area contributed by atoms with Gasteiger partial charge in [-0.1, -0.05) is 12.1 Å². The number of rotatable bonds is 2. The molecular formula is C15H15FN2O. The minimum absolute atomic E-state index is 0.227. The average Bonchev–Trinajstić information content (AvgIpc) is 2.48. The highest BCUT2D eigenvalue weighted by atomic mass is 19.1. The zero-order chi connectivity index (χ0) is 13.1. The number of hydrogen-bond acceptors (Lipinski definition) is 3. The molecule has 2 aromatic rings. The van der Waals surface area contributed by atoms with Crippen LogP contribution in [-0.2, 0) is 4.74 Å². The van der Waals surface area contributed by atoms with Gasteiger partial charge >= 0.3 is 0 Å². The molecule has 1 saturated heterocycles. The van der Waals surface area contributed by atoms with Crippen LogP contribution in [0.4, 0.5) is 10.2 Å². The molecule has 98 valence electrons. The van der Waals surface area contributed by atoms with Gasteiger partial charge < -0.3 is 9.64 Å². The highest BCUT2D eigenvalue weighted by Gasteiger charge is 2.12. The van der Waals surface area contributed by atoms with Crippen molar-refractivity contribution in [2.45, 2.75) is 0 Å². The first kappa shape index (κ1) is 12.1. The summed E-state index contributed by atoms with van der Waals surface area (Å²) in [4.78, 5) is 6.65. The third kappa shape index (κ3) is 2.74. The lowest BCUT2D eigenvalue weighted by Gasteiger charge is -2.27. The van der Waals surface area contributed by atoms with Crippen molar-refractivity contribution < 1.29 is 9.13 Å². The zero-order valence-electron chi connectivity index (χ0n) is 10.6. The molecule has 0 unspecified atom stereocenters. The maximum absolute atomic E-state index is 13.2. The monoisotopic (exact) mass is 258 g/mol. The highest BCUT2D eigenvalue weighted by Crippen LogP contribution is 2.22. The molecule has 1 aromatic heterocycles. The van der Waals surface area contributed by atoms with Crippen LogP contribution in [0.25, 0.3) is 11.1 Å². The maximum Gasteiger partial charge on any atom is 0.128 e. The predicted octanol–water partition coefficient (Wildman–Crippen LogP) is 2.72. The first-order valence-corrected chi connectivity index (χ1v) is 6.37. The van der Waals surface area contributed by atoms with Gasteiger partial charge in [0.05, 0.1) is 13.2 Å². The second-order valence-electron chi connectivity index (χ2n) is 4.51. The predicted molar refractivity (Wildman–Crippen MR) is 72.7 cm³/mol. The molecular weight excluding hydrogens is 243 g/mol. The van der Waals surface area contributed by atoms with Crippen LogP contribution in [0.1, 0.15) is 0 Å². The molecule has 0 spiro atoms. The van der Waals surface area contributed by atoms with E-state index in [4.69, 9.17) is 4.74 Å². The molecule has 1 aliphatic rings. The van der Waals surface area contributed by atoms with Crippen molar-refractivity contribution in [2.24, 2.45) is 0 Å². The molecule has 0 atom stereocenters. The molecule has 0 amide bonds. The second kappa shape index (κ2) is 5.36. The van der Waals surface area contributed by atoms with Crippen LogP contribution < -0.4 is 4.90 Å². The Bertz CT molecular complexity index is 550. The van der Waals surface area contributed by atoms with Gasteiger partial charge in [-0.2, -0.15) is 0 Å². The lowest BCUT2D eigenvalue weighted by molar-refractivity contribution is 0.122. The molecule has 0 aliphatic carbocycles. The van der Waals surface area contributed by atoms with Gasteiger partial charge in [0, 0.05) is 24.8 Å². The Morgan fingerprint density at radius 3 is 2.58 bits per heavy atom. The van der Waals surface area contributed by atoms with Crippen molar-refractivity contribution in [2.75, 3.05) is 31.2 Å². The molecule has 0 bridgehead atoms. The summed E-state index contributed by atoms with van der Waals surface area (Å²) in [5.41, 5.74) is 1.78. The fourth-order valence-corrected chi connectivity index (χ4v) is 2.20. The minimum Gasteiger partial charge on any atom is -0.378 e. The fraction of sp³-hybridized carbons (Fsp3) is 0.267. The van der Waals surface area contributed by atoms with Crippen LogP contribution in [0.15, 0.2) is 42.6 Å². The molecule has 0 saturated carbocycles. The lowest BCUT2D eigenvalue weighted by Crippen LogP contribution is -2.36. The van der Waals surface area contributed by atoms with Crippen LogP contribution >= 0.6 is 0 Å². The number of morpholine rings is 1. The average molecular weight is 258 g/mol. The van der Waals surface area contributed by atoms with Gasteiger partial charge in [0.15, 0.2) is 0 Å². The Hall–Kier alpha value is -1.94. The first-order chi connectivity index (χ1) is 9.33. The van der Waals surface area contributed by atoms with Gasteiger partial charge in [-0.3, -0.25) is 0 Å². The minimum atomic E-state index is -0.227. The van der Waals surface area contributed by atoms with Crippen molar-refractivity contribution in [1.29, 1.82) is 0 Å². The van der Waals surface area contributed by atoms with Crippen LogP contribution in [-0.4, -0.2) is 31.3 Å². The van der Waals surface area contributed by atoms with Crippen LogP contribution in [0, 0.1) is 5.82 Å². The number of anilines is 1. The zero-order valence-corrected chi connectivity index (χ0v) is 10.6. The van der Waals surface area contributed by atoms with Gasteiger partial charge in [0.1, 0.15) is 11.6 Å². The van der Waals surface area contributed by atoms with Gasteiger partial charge in [-0.05, 0) is 29.8 Å². The SMILES string of the molecule is Fc1cccc(-c2ccc(N3CCOCC3)nc2)c1. The first-order valence-electron chi connectivity index (χ1n) is 6.37. The van der Waals surface area contributed by atoms with Crippen molar-refractivity contribution >= 4 is 5.82 Å². The Morgan fingerprint density at radius 1 is 1.05 bits per heavy atom. The molecule has 3 nitrogen and oxygen atoms in total. The van der Waals surface area contributed by atoms with Gasteiger partial charge in [0.25, 0.3) is 0 Å². The van der Waals surface area contributed by atoms with Crippen molar-refractivity contribution in [3.05, 3.63) is 48.4 Å². The number of nitrogens with zero attached hydrogens (tertiary/aromatic N) is 2. The van der Waals surface area contributed by atoms with E-state index in [1.807, 2.05) is 18.2 Å². The van der Waals surface area contributed by atoms with Crippen molar-refractivity contribution in [3.8, 4) is 11.1 Å². The van der Waals surface area contributed by atoms with E-state index in [9.17, 15) is 4.39 Å². The highest BCUT2D eigenvalue weighted by molar-refractivity contribution is 5.63. The summed E-state index contributed by atoms with van der Waals surface area (Å²) in [5.74, 6) is 0.721. The third-order valence-corrected chi connectivity index (χ3v) is 3.24. The van der Waals surface area contributed by atoms with E-state index < -0.39 is 0 Å². The summed E-state index contributed by atoms with van der Waals surface area (Å²) in [7, 11) is 0. The molecule has 0 radical (unpaired) electrons. The number of ether oxygens (including phenoxy) is 1. The van der Waals surface area contributed by atoms with Gasteiger partial charge in [-0.15, -0.1) is 0 Å². The number of hydrogen-bond donors (Lipinski definition) is 0. The topological polar surface area (TPSA) is 25.4 Å². The largest absolute Gasteiger partial charge is 0.378 e. The van der Waals surface area contributed by atoms with Crippen LogP contribution in [0.5, 0.6) is 0 Å². The fourth-order valence-electron chi connectivity index (χ4n) is 2.20. The molecule has 1 aromatic carbocycles. The van der Waals surface area contributed by atoms with E-state index >= 15 is 0 Å². The molecule has 3 rings (SSSR count). The maximum atomic E-state index is 13.2. The Labute approximate surface area is 111 Å². The molecule has 1 aliphatic heterocycles. The van der Waals surface area contributed by atoms with Crippen LogP contribution in [0.3, 0.4) is 0 Å². The molecule has 19 heavy (non-hydrogen) atoms. The number of aromatic nitrogens is 1.